The van der Waals surface area contributed by atoms with Gasteiger partial charge in [0.25, 0.3) is 0 Å². The van der Waals surface area contributed by atoms with E-state index in [0.29, 0.717) is 45.0 Å². The lowest BCUT2D eigenvalue weighted by atomic mass is 9.86. The Morgan fingerprint density at radius 1 is 0.984 bits per heavy atom. The molecule has 4 aromatic rings. The number of benzene rings is 3. The Morgan fingerprint density at radius 2 is 1.70 bits per heavy atom. The fourth-order valence-electron chi connectivity index (χ4n) is 7.85. The van der Waals surface area contributed by atoms with Gasteiger partial charge >= 0.3 is 0 Å². The van der Waals surface area contributed by atoms with Crippen LogP contribution in [0.4, 0.5) is 0 Å². The highest BCUT2D eigenvalue weighted by atomic mass is 32.1. The largest absolute Gasteiger partial charge is 0.507 e. The molecule has 4 atom stereocenters. The number of hydrogen-bond acceptors (Lipinski definition) is 11. The van der Waals surface area contributed by atoms with Gasteiger partial charge in [-0.05, 0) is 84.8 Å². The van der Waals surface area contributed by atoms with Crippen molar-refractivity contribution in [2.45, 2.75) is 90.6 Å². The van der Waals surface area contributed by atoms with Crippen molar-refractivity contribution in [2.75, 3.05) is 26.7 Å². The van der Waals surface area contributed by atoms with E-state index in [1.54, 1.807) is 56.3 Å². The molecule has 5 rings (SSSR count). The minimum atomic E-state index is -1.25. The molecule has 0 spiro atoms. The molecule has 13 nitrogen and oxygen atoms in total. The Kier molecular flexibility index (Phi) is 17.3. The lowest BCUT2D eigenvalue weighted by molar-refractivity contribution is -0.142. The van der Waals surface area contributed by atoms with E-state index in [-0.39, 0.29) is 94.4 Å². The van der Waals surface area contributed by atoms with Crippen LogP contribution in [0, 0.1) is 30.1 Å². The number of aryl methyl sites for hydroxylation is 1. The molecule has 0 unspecified atom stereocenters. The number of nitrogens with zero attached hydrogens (tertiary/aromatic N) is 3. The number of pyridine rings is 1. The van der Waals surface area contributed by atoms with Gasteiger partial charge in [-0.3, -0.25) is 29.0 Å². The smallest absolute Gasteiger partial charge is 0.226 e. The summed E-state index contributed by atoms with van der Waals surface area (Å²) in [5.74, 6) is -3.77. The predicted molar refractivity (Wildman–Crippen MR) is 247 cm³/mol. The molecular formula is C49H60N6O7S. The normalized spacial score (nSPS) is 17.0. The lowest BCUT2D eigenvalue weighted by Gasteiger charge is -2.32. The number of carbonyl (C=O) groups excluding carboxylic acids is 5. The van der Waals surface area contributed by atoms with Crippen LogP contribution in [-0.4, -0.2) is 76.9 Å². The molecule has 0 saturated heterocycles. The number of ketones is 3. The molecule has 0 saturated carbocycles. The predicted octanol–water partition coefficient (Wildman–Crippen LogP) is 6.42. The Balaban J connectivity index is 0.00000871. The van der Waals surface area contributed by atoms with Crippen molar-refractivity contribution in [3.63, 3.8) is 0 Å². The Morgan fingerprint density at radius 3 is 2.33 bits per heavy atom. The highest BCUT2D eigenvalue weighted by Gasteiger charge is 2.36. The molecule has 14 heteroatoms. The summed E-state index contributed by atoms with van der Waals surface area (Å²) in [5, 5.41) is 23.2. The van der Waals surface area contributed by atoms with Crippen LogP contribution >= 0.6 is 13.5 Å². The molecule has 2 amide bonds. The second-order valence-electron chi connectivity index (χ2n) is 17.1. The van der Waals surface area contributed by atoms with Gasteiger partial charge in [0.2, 0.25) is 11.8 Å². The molecule has 1 aliphatic rings. The summed E-state index contributed by atoms with van der Waals surface area (Å²) >= 11 is 0. The monoisotopic (exact) mass is 876 g/mol. The zero-order valence-corrected chi connectivity index (χ0v) is 38.0. The molecule has 2 heterocycles. The standard InChI is InChI=1S/C49H58N6O7.H2S/c1-29-24-44(59)46(55(6)48(61)34(19-21-51)28-43(58)36-15-16-39(53-30(36)2)32-10-13-35(14-11-32)49(3,4)5)33-12-18-45(62-23-22-52)38(27-33)37-25-31(9-17-41(37)56)26-40(54-47(29)60)42(57)8-7-20-50;/h9-18,25,27,29,34,40,46,56H,7-8,19,21-24,26,28,51-52H2,1-6H3,(H,54,60);1H2/t29-,34-,40+,46+;/m1./s1. The molecule has 1 aliphatic heterocycles. The van der Waals surface area contributed by atoms with Crippen LogP contribution in [-0.2, 0) is 31.0 Å². The van der Waals surface area contributed by atoms with Gasteiger partial charge in [-0.25, -0.2) is 0 Å². The summed E-state index contributed by atoms with van der Waals surface area (Å²) in [6.45, 7) is 10.2. The average molecular weight is 877 g/mol. The van der Waals surface area contributed by atoms with Gasteiger partial charge in [-0.2, -0.15) is 18.8 Å². The topological polar surface area (TPSA) is 219 Å². The van der Waals surface area contributed by atoms with Crippen LogP contribution in [0.1, 0.15) is 98.6 Å². The summed E-state index contributed by atoms with van der Waals surface area (Å²) in [7, 11) is 1.49. The molecule has 0 fully saturated rings. The number of aromatic nitrogens is 1. The third-order valence-electron chi connectivity index (χ3n) is 11.4. The van der Waals surface area contributed by atoms with Gasteiger partial charge in [0.1, 0.15) is 24.1 Å². The number of aromatic hydroxyl groups is 1. The Hall–Kier alpha value is -5.88. The van der Waals surface area contributed by atoms with Gasteiger partial charge in [0.15, 0.2) is 17.3 Å². The van der Waals surface area contributed by atoms with Crippen molar-refractivity contribution < 1.29 is 33.8 Å². The second-order valence-corrected chi connectivity index (χ2v) is 17.1. The number of ether oxygens (including phenoxy) is 1. The van der Waals surface area contributed by atoms with Crippen molar-refractivity contribution in [3.05, 3.63) is 101 Å². The zero-order chi connectivity index (χ0) is 45.3. The molecule has 1 aromatic heterocycles. The maximum Gasteiger partial charge on any atom is 0.226 e. The van der Waals surface area contributed by atoms with E-state index in [4.69, 9.17) is 26.5 Å². The number of hydrogen-bond donors (Lipinski definition) is 4. The number of nitriles is 1. The highest BCUT2D eigenvalue weighted by Crippen LogP contribution is 2.40. The number of phenolic OH excluding ortho intramolecular Hbond substituents is 1. The molecule has 63 heavy (non-hydrogen) atoms. The first-order valence-corrected chi connectivity index (χ1v) is 21.1. The van der Waals surface area contributed by atoms with Gasteiger partial charge in [-0.1, -0.05) is 64.1 Å². The maximum atomic E-state index is 14.6. The molecule has 334 valence electrons. The Bertz CT molecular complexity index is 2350. The van der Waals surface area contributed by atoms with E-state index < -0.39 is 41.5 Å². The van der Waals surface area contributed by atoms with Crippen LogP contribution in [0.5, 0.6) is 11.5 Å². The highest BCUT2D eigenvalue weighted by molar-refractivity contribution is 7.59. The SMILES string of the molecule is Cc1nc(-c2ccc(C(C)(C)C)cc2)ccc1C(=O)C[C@@H](CCN)C(=O)N(C)[C@@H]1C(=O)C[C@@H](C)C(=O)N[C@H](C(=O)CCC#N)Cc2ccc(O)c(c2)-c2cc1ccc2OCCN.S. The van der Waals surface area contributed by atoms with Gasteiger partial charge < -0.3 is 31.5 Å². The third kappa shape index (κ3) is 12.2. The number of likely N-dealkylation sites (N-methyl/N-ethyl adjacent to an activating group) is 1. The molecule has 3 aromatic carbocycles. The van der Waals surface area contributed by atoms with Crippen molar-refractivity contribution in [1.29, 1.82) is 5.26 Å². The van der Waals surface area contributed by atoms with Crippen LogP contribution in [0.2, 0.25) is 0 Å². The van der Waals surface area contributed by atoms with E-state index in [1.165, 1.54) is 23.6 Å². The number of rotatable bonds is 14. The van der Waals surface area contributed by atoms with Crippen molar-refractivity contribution >= 4 is 42.7 Å². The van der Waals surface area contributed by atoms with E-state index in [9.17, 15) is 29.1 Å². The Labute approximate surface area is 377 Å². The van der Waals surface area contributed by atoms with E-state index in [2.05, 4.69) is 38.2 Å². The summed E-state index contributed by atoms with van der Waals surface area (Å²) in [6.07, 6.45) is -0.410. The summed E-state index contributed by atoms with van der Waals surface area (Å²) in [4.78, 5) is 76.2. The number of carbonyl (C=O) groups is 5. The number of Topliss-reactive ketones (excluding diaryl/α,β-unsaturated/α-hetero) is 3. The van der Waals surface area contributed by atoms with E-state index in [1.807, 2.05) is 18.2 Å². The van der Waals surface area contributed by atoms with Gasteiger partial charge in [-0.15, -0.1) is 0 Å². The third-order valence-corrected chi connectivity index (χ3v) is 11.4. The second kappa shape index (κ2) is 22.0. The minimum absolute atomic E-state index is 0. The van der Waals surface area contributed by atoms with E-state index >= 15 is 0 Å². The van der Waals surface area contributed by atoms with Crippen LogP contribution in [0.25, 0.3) is 22.4 Å². The molecule has 0 aliphatic carbocycles. The first-order chi connectivity index (χ1) is 29.5. The zero-order valence-electron chi connectivity index (χ0n) is 37.0. The van der Waals surface area contributed by atoms with Crippen molar-refractivity contribution in [3.8, 4) is 40.0 Å². The number of nitrogens with one attached hydrogen (secondary N) is 1. The first kappa shape index (κ1) is 49.8. The quantitative estimate of drug-likeness (QED) is 0.101. The molecule has 0 radical (unpaired) electrons. The summed E-state index contributed by atoms with van der Waals surface area (Å²) in [6, 6.07) is 21.1. The number of nitrogens with two attached hydrogens (primary N) is 2. The van der Waals surface area contributed by atoms with Gasteiger partial charge in [0.05, 0.1) is 17.8 Å². The summed E-state index contributed by atoms with van der Waals surface area (Å²) < 4.78 is 6.01. The van der Waals surface area contributed by atoms with Crippen LogP contribution in [0.15, 0.2) is 72.8 Å². The fourth-order valence-corrected chi connectivity index (χ4v) is 7.85. The number of fused-ring (bicyclic) bond motifs is 5. The van der Waals surface area contributed by atoms with Gasteiger partial charge in [0, 0.05) is 79.1 Å². The molecular weight excluding hydrogens is 817 g/mol. The lowest BCUT2D eigenvalue weighted by Crippen LogP contribution is -2.46. The first-order valence-electron chi connectivity index (χ1n) is 21.1. The van der Waals surface area contributed by atoms with Crippen molar-refractivity contribution in [1.82, 2.24) is 15.2 Å². The number of amides is 2. The van der Waals surface area contributed by atoms with Crippen LogP contribution < -0.4 is 21.5 Å². The fraction of sp³-hybridized carbons (Fsp3) is 0.408. The maximum absolute atomic E-state index is 14.6. The average Bonchev–Trinajstić information content (AvgIpc) is 3.24. The molecule has 4 bridgehead atoms. The number of phenols is 1. The minimum Gasteiger partial charge on any atom is -0.507 e. The van der Waals surface area contributed by atoms with Crippen LogP contribution in [0.3, 0.4) is 0 Å². The molecule has 6 N–H and O–H groups in total. The van der Waals surface area contributed by atoms with E-state index in [0.717, 1.165) is 5.56 Å². The van der Waals surface area contributed by atoms with Crippen molar-refractivity contribution in [2.24, 2.45) is 23.3 Å². The summed E-state index contributed by atoms with van der Waals surface area (Å²) in [5.41, 5.74) is 17.2.